The topological polar surface area (TPSA) is 17.8 Å². The molecule has 1 heterocycles. The summed E-state index contributed by atoms with van der Waals surface area (Å²) in [7, 11) is 0. The molecule has 0 spiro atoms. The lowest BCUT2D eigenvalue weighted by Gasteiger charge is -2.13. The molecule has 0 fully saturated rings. The van der Waals surface area contributed by atoms with Gasteiger partial charge in [-0.15, -0.1) is 0 Å². The van der Waals surface area contributed by atoms with Gasteiger partial charge in [0.1, 0.15) is 5.82 Å². The van der Waals surface area contributed by atoms with Crippen LogP contribution < -0.4 is 0 Å². The van der Waals surface area contributed by atoms with Crippen molar-refractivity contribution < 1.29 is 0 Å². The van der Waals surface area contributed by atoms with E-state index >= 15 is 0 Å². The van der Waals surface area contributed by atoms with Crippen molar-refractivity contribution in [2.75, 3.05) is 0 Å². The minimum absolute atomic E-state index is 0.600. The first-order chi connectivity index (χ1) is 16.2. The largest absolute Gasteiger partial charge is 0.323 e. The van der Waals surface area contributed by atoms with Crippen LogP contribution in [-0.4, -0.2) is 9.55 Å². The molecule has 0 bridgehead atoms. The average molecular weight is 431 g/mol. The average Bonchev–Trinajstić information content (AvgIpc) is 3.21. The third-order valence-corrected chi connectivity index (χ3v) is 6.66. The van der Waals surface area contributed by atoms with E-state index in [0.29, 0.717) is 5.92 Å². The number of fused-ring (bicyclic) bond motifs is 1. The van der Waals surface area contributed by atoms with Crippen molar-refractivity contribution in [2.45, 2.75) is 39.2 Å². The molecule has 0 saturated heterocycles. The van der Waals surface area contributed by atoms with Crippen LogP contribution in [0.4, 0.5) is 0 Å². The number of aromatic nitrogens is 2. The monoisotopic (exact) mass is 430 g/mol. The Hall–Kier alpha value is -3.65. The SMILES string of the molecule is CCC(C)c1ccc(Cn2c(Cc3ccc(-c4ccccc4)cc3)nc3ccccc32)cc1. The zero-order valence-electron chi connectivity index (χ0n) is 19.4. The molecular formula is C31H30N2. The van der Waals surface area contributed by atoms with Crippen molar-refractivity contribution >= 4 is 11.0 Å². The predicted molar refractivity (Wildman–Crippen MR) is 139 cm³/mol. The van der Waals surface area contributed by atoms with Crippen LogP contribution in [0, 0.1) is 0 Å². The summed E-state index contributed by atoms with van der Waals surface area (Å²) < 4.78 is 2.37. The molecule has 164 valence electrons. The highest BCUT2D eigenvalue weighted by Crippen LogP contribution is 2.24. The summed E-state index contributed by atoms with van der Waals surface area (Å²) in [6.07, 6.45) is 1.98. The highest BCUT2D eigenvalue weighted by Gasteiger charge is 2.12. The van der Waals surface area contributed by atoms with Gasteiger partial charge in [0.15, 0.2) is 0 Å². The van der Waals surface area contributed by atoms with E-state index in [-0.39, 0.29) is 0 Å². The third-order valence-electron chi connectivity index (χ3n) is 6.66. The van der Waals surface area contributed by atoms with Gasteiger partial charge in [0.05, 0.1) is 11.0 Å². The number of hydrogen-bond donors (Lipinski definition) is 0. The van der Waals surface area contributed by atoms with E-state index < -0.39 is 0 Å². The van der Waals surface area contributed by atoms with Gasteiger partial charge in [0.25, 0.3) is 0 Å². The van der Waals surface area contributed by atoms with Crippen LogP contribution in [0.3, 0.4) is 0 Å². The van der Waals surface area contributed by atoms with Crippen LogP contribution >= 0.6 is 0 Å². The van der Waals surface area contributed by atoms with Crippen molar-refractivity contribution in [1.82, 2.24) is 9.55 Å². The highest BCUT2D eigenvalue weighted by molar-refractivity contribution is 5.76. The molecule has 2 nitrogen and oxygen atoms in total. The van der Waals surface area contributed by atoms with Gasteiger partial charge in [0, 0.05) is 13.0 Å². The summed E-state index contributed by atoms with van der Waals surface area (Å²) in [6, 6.07) is 37.0. The van der Waals surface area contributed by atoms with Gasteiger partial charge in [-0.2, -0.15) is 0 Å². The zero-order chi connectivity index (χ0) is 22.6. The van der Waals surface area contributed by atoms with Gasteiger partial charge in [-0.25, -0.2) is 4.98 Å². The Balaban J connectivity index is 1.43. The fourth-order valence-electron chi connectivity index (χ4n) is 4.43. The molecular weight excluding hydrogens is 400 g/mol. The summed E-state index contributed by atoms with van der Waals surface area (Å²) >= 11 is 0. The van der Waals surface area contributed by atoms with Gasteiger partial charge in [-0.05, 0) is 52.3 Å². The Kier molecular flexibility index (Phi) is 6.08. The first kappa shape index (κ1) is 21.2. The highest BCUT2D eigenvalue weighted by atomic mass is 15.1. The second-order valence-corrected chi connectivity index (χ2v) is 8.89. The van der Waals surface area contributed by atoms with Gasteiger partial charge < -0.3 is 4.57 Å². The first-order valence-corrected chi connectivity index (χ1v) is 11.9. The second kappa shape index (κ2) is 9.46. The van der Waals surface area contributed by atoms with Crippen LogP contribution in [0.1, 0.15) is 48.7 Å². The minimum Gasteiger partial charge on any atom is -0.323 e. The van der Waals surface area contributed by atoms with Crippen LogP contribution in [-0.2, 0) is 13.0 Å². The lowest BCUT2D eigenvalue weighted by molar-refractivity contribution is 0.729. The number of benzene rings is 4. The summed E-state index contributed by atoms with van der Waals surface area (Å²) in [5.41, 5.74) is 8.75. The van der Waals surface area contributed by atoms with Crippen molar-refractivity contribution in [2.24, 2.45) is 0 Å². The molecule has 1 aromatic heterocycles. The smallest absolute Gasteiger partial charge is 0.114 e. The van der Waals surface area contributed by atoms with Crippen LogP contribution in [0.25, 0.3) is 22.2 Å². The molecule has 33 heavy (non-hydrogen) atoms. The number of nitrogens with zero attached hydrogens (tertiary/aromatic N) is 2. The predicted octanol–water partition coefficient (Wildman–Crippen LogP) is 7.86. The van der Waals surface area contributed by atoms with Crippen molar-refractivity contribution in [1.29, 1.82) is 0 Å². The minimum atomic E-state index is 0.600. The van der Waals surface area contributed by atoms with Crippen molar-refractivity contribution in [3.05, 3.63) is 126 Å². The van der Waals surface area contributed by atoms with Gasteiger partial charge in [0.2, 0.25) is 0 Å². The summed E-state index contributed by atoms with van der Waals surface area (Å²) in [4.78, 5) is 5.01. The van der Waals surface area contributed by atoms with E-state index in [1.54, 1.807) is 0 Å². The Morgan fingerprint density at radius 1 is 0.697 bits per heavy atom. The number of hydrogen-bond acceptors (Lipinski definition) is 1. The molecule has 5 rings (SSSR count). The van der Waals surface area contributed by atoms with E-state index in [1.165, 1.54) is 39.8 Å². The Morgan fingerprint density at radius 3 is 2.06 bits per heavy atom. The van der Waals surface area contributed by atoms with Crippen LogP contribution in [0.5, 0.6) is 0 Å². The fourth-order valence-corrected chi connectivity index (χ4v) is 4.43. The maximum absolute atomic E-state index is 5.01. The molecule has 0 saturated carbocycles. The van der Waals surface area contributed by atoms with E-state index in [9.17, 15) is 0 Å². The van der Waals surface area contributed by atoms with Gasteiger partial charge in [-0.3, -0.25) is 0 Å². The Labute approximate surface area is 196 Å². The maximum Gasteiger partial charge on any atom is 0.114 e. The molecule has 1 atom stereocenters. The van der Waals surface area contributed by atoms with Crippen LogP contribution in [0.15, 0.2) is 103 Å². The van der Waals surface area contributed by atoms with E-state index in [1.807, 2.05) is 0 Å². The summed E-state index contributed by atoms with van der Waals surface area (Å²) in [5, 5.41) is 0. The Morgan fingerprint density at radius 2 is 1.33 bits per heavy atom. The summed E-state index contributed by atoms with van der Waals surface area (Å²) in [6.45, 7) is 5.37. The fraction of sp³-hybridized carbons (Fsp3) is 0.194. The Bertz CT molecular complexity index is 1330. The molecule has 0 aliphatic rings. The lowest BCUT2D eigenvalue weighted by Crippen LogP contribution is -2.06. The molecule has 0 aliphatic heterocycles. The molecule has 2 heteroatoms. The van der Waals surface area contributed by atoms with Crippen molar-refractivity contribution in [3.8, 4) is 11.1 Å². The van der Waals surface area contributed by atoms with E-state index in [2.05, 4.69) is 122 Å². The van der Waals surface area contributed by atoms with E-state index in [0.717, 1.165) is 24.3 Å². The molecule has 1 unspecified atom stereocenters. The normalized spacial score (nSPS) is 12.2. The molecule has 0 amide bonds. The molecule has 0 N–H and O–H groups in total. The molecule has 0 radical (unpaired) electrons. The van der Waals surface area contributed by atoms with Gasteiger partial charge >= 0.3 is 0 Å². The lowest BCUT2D eigenvalue weighted by atomic mass is 9.97. The van der Waals surface area contributed by atoms with Crippen LogP contribution in [0.2, 0.25) is 0 Å². The number of para-hydroxylation sites is 2. The molecule has 0 aliphatic carbocycles. The molecule has 5 aromatic rings. The van der Waals surface area contributed by atoms with Gasteiger partial charge in [-0.1, -0.05) is 105 Å². The maximum atomic E-state index is 5.01. The quantitative estimate of drug-likeness (QED) is 0.257. The standard InChI is InChI=1S/C31H30N2/c1-3-23(2)26-17-15-25(16-18-26)22-33-30-12-8-7-11-29(30)32-31(33)21-24-13-19-28(20-14-24)27-9-5-4-6-10-27/h4-20,23H,3,21-22H2,1-2H3. The first-order valence-electron chi connectivity index (χ1n) is 11.9. The number of rotatable bonds is 7. The van der Waals surface area contributed by atoms with Crippen molar-refractivity contribution in [3.63, 3.8) is 0 Å². The summed E-state index contributed by atoms with van der Waals surface area (Å²) in [5.74, 6) is 1.71. The zero-order valence-corrected chi connectivity index (χ0v) is 19.4. The molecule has 4 aromatic carbocycles. The third kappa shape index (κ3) is 4.61. The van der Waals surface area contributed by atoms with E-state index in [4.69, 9.17) is 4.98 Å². The second-order valence-electron chi connectivity index (χ2n) is 8.89. The number of imidazole rings is 1.